The number of aromatic hydroxyl groups is 1. The van der Waals surface area contributed by atoms with Crippen molar-refractivity contribution in [1.29, 1.82) is 0 Å². The van der Waals surface area contributed by atoms with Gasteiger partial charge in [-0.05, 0) is 71.9 Å². The quantitative estimate of drug-likeness (QED) is 0.789. The summed E-state index contributed by atoms with van der Waals surface area (Å²) in [5.41, 5.74) is -0.408. The number of pyridine rings is 1. The largest absolute Gasteiger partial charge is 0.506 e. The molecule has 2 heterocycles. The van der Waals surface area contributed by atoms with E-state index in [1.165, 1.54) is 6.20 Å². The molecule has 1 aromatic rings. The first-order valence-electron chi connectivity index (χ1n) is 9.68. The van der Waals surface area contributed by atoms with Gasteiger partial charge in [0.15, 0.2) is 0 Å². The zero-order chi connectivity index (χ0) is 21.1. The fraction of sp³-hybridized carbons (Fsp3) is 0.667. The lowest BCUT2D eigenvalue weighted by Crippen LogP contribution is -2.38. The van der Waals surface area contributed by atoms with Crippen LogP contribution in [0.25, 0.3) is 0 Å². The van der Waals surface area contributed by atoms with Crippen molar-refractivity contribution in [2.75, 3.05) is 13.1 Å². The first-order chi connectivity index (χ1) is 12.8. The number of aromatic nitrogens is 1. The van der Waals surface area contributed by atoms with Gasteiger partial charge >= 0.3 is 12.1 Å². The summed E-state index contributed by atoms with van der Waals surface area (Å²) in [6.45, 7) is 12.0. The molecular weight excluding hydrogens is 360 g/mol. The Hall–Kier alpha value is -2.31. The van der Waals surface area contributed by atoms with Gasteiger partial charge in [-0.1, -0.05) is 0 Å². The molecule has 1 fully saturated rings. The van der Waals surface area contributed by atoms with E-state index in [0.29, 0.717) is 25.9 Å². The monoisotopic (exact) mass is 392 g/mol. The Morgan fingerprint density at radius 3 is 2.39 bits per heavy atom. The molecule has 0 bridgehead atoms. The second kappa shape index (κ2) is 8.37. The summed E-state index contributed by atoms with van der Waals surface area (Å²) in [5.74, 6) is -0.728. The van der Waals surface area contributed by atoms with Crippen LogP contribution < -0.4 is 0 Å². The molecular formula is C21H32N2O5. The summed E-state index contributed by atoms with van der Waals surface area (Å²) < 4.78 is 11.1. The van der Waals surface area contributed by atoms with E-state index in [4.69, 9.17) is 9.47 Å². The molecule has 1 aliphatic rings. The third kappa shape index (κ3) is 6.69. The van der Waals surface area contributed by atoms with Crippen molar-refractivity contribution >= 4 is 12.1 Å². The van der Waals surface area contributed by atoms with Crippen molar-refractivity contribution in [2.24, 2.45) is 11.8 Å². The number of ether oxygens (including phenoxy) is 2. The van der Waals surface area contributed by atoms with E-state index in [1.54, 1.807) is 17.2 Å². The van der Waals surface area contributed by atoms with Crippen molar-refractivity contribution in [3.8, 4) is 5.75 Å². The highest BCUT2D eigenvalue weighted by molar-refractivity contribution is 5.74. The zero-order valence-corrected chi connectivity index (χ0v) is 17.7. The molecule has 0 radical (unpaired) electrons. The number of hydrogen-bond acceptors (Lipinski definition) is 6. The molecule has 1 aromatic heterocycles. The Bertz CT molecular complexity index is 705. The molecule has 7 heteroatoms. The molecule has 1 saturated heterocycles. The van der Waals surface area contributed by atoms with Crippen LogP contribution in [0, 0.1) is 11.8 Å². The topological polar surface area (TPSA) is 89.0 Å². The first kappa shape index (κ1) is 22.0. The Morgan fingerprint density at radius 2 is 1.82 bits per heavy atom. The fourth-order valence-electron chi connectivity index (χ4n) is 3.27. The molecule has 0 aliphatic carbocycles. The smallest absolute Gasteiger partial charge is 0.410 e. The summed E-state index contributed by atoms with van der Waals surface area (Å²) in [6.07, 6.45) is 3.71. The minimum absolute atomic E-state index is 0.0512. The number of nitrogens with zero attached hydrogens (tertiary/aromatic N) is 2. The lowest BCUT2D eigenvalue weighted by molar-refractivity contribution is -0.161. The van der Waals surface area contributed by atoms with Gasteiger partial charge in [0, 0.05) is 19.3 Å². The minimum Gasteiger partial charge on any atom is -0.506 e. The molecule has 0 unspecified atom stereocenters. The van der Waals surface area contributed by atoms with Crippen LogP contribution in [0.15, 0.2) is 18.5 Å². The molecule has 1 amide bonds. The van der Waals surface area contributed by atoms with E-state index in [-0.39, 0.29) is 23.7 Å². The van der Waals surface area contributed by atoms with Crippen LogP contribution in [-0.2, 0) is 20.7 Å². The van der Waals surface area contributed by atoms with Gasteiger partial charge in [-0.15, -0.1) is 0 Å². The van der Waals surface area contributed by atoms with Gasteiger partial charge in [-0.2, -0.15) is 0 Å². The average molecular weight is 392 g/mol. The van der Waals surface area contributed by atoms with E-state index in [9.17, 15) is 14.7 Å². The van der Waals surface area contributed by atoms with Crippen LogP contribution >= 0.6 is 0 Å². The molecule has 0 saturated carbocycles. The Labute approximate surface area is 167 Å². The van der Waals surface area contributed by atoms with Gasteiger partial charge in [-0.3, -0.25) is 9.78 Å². The van der Waals surface area contributed by atoms with Crippen LogP contribution in [0.1, 0.15) is 53.5 Å². The van der Waals surface area contributed by atoms with E-state index in [0.717, 1.165) is 5.56 Å². The summed E-state index contributed by atoms with van der Waals surface area (Å²) in [6, 6.07) is 1.60. The number of carbonyl (C=O) groups is 2. The van der Waals surface area contributed by atoms with Crippen molar-refractivity contribution in [3.05, 3.63) is 24.0 Å². The lowest BCUT2D eigenvalue weighted by Gasteiger charge is -2.28. The summed E-state index contributed by atoms with van der Waals surface area (Å²) in [5, 5.41) is 9.69. The maximum atomic E-state index is 12.9. The highest BCUT2D eigenvalue weighted by Crippen LogP contribution is 2.31. The van der Waals surface area contributed by atoms with Gasteiger partial charge in [0.2, 0.25) is 0 Å². The highest BCUT2D eigenvalue weighted by Gasteiger charge is 2.39. The normalized spacial score (nSPS) is 18.6. The van der Waals surface area contributed by atoms with Gasteiger partial charge < -0.3 is 19.5 Å². The maximum Gasteiger partial charge on any atom is 0.410 e. The second-order valence-corrected chi connectivity index (χ2v) is 9.37. The van der Waals surface area contributed by atoms with E-state index in [1.807, 2.05) is 41.5 Å². The van der Waals surface area contributed by atoms with E-state index < -0.39 is 17.1 Å². The number of esters is 1. The number of rotatable bonds is 4. The standard InChI is InChI=1S/C21H32N2O5/c1-20(2,3)27-18(25)17(10-14-9-16(24)12-22-11-14)15-7-8-23(13-15)19(26)28-21(4,5)6/h9,11-12,15,17,24H,7-8,10,13H2,1-6H3/t15-,17-/m0/s1. The fourth-order valence-corrected chi connectivity index (χ4v) is 3.27. The lowest BCUT2D eigenvalue weighted by atomic mass is 9.86. The Kier molecular flexibility index (Phi) is 6.57. The number of amides is 1. The highest BCUT2D eigenvalue weighted by atomic mass is 16.6. The molecule has 7 nitrogen and oxygen atoms in total. The van der Waals surface area contributed by atoms with E-state index >= 15 is 0 Å². The molecule has 0 aromatic carbocycles. The zero-order valence-electron chi connectivity index (χ0n) is 17.7. The van der Waals surface area contributed by atoms with E-state index in [2.05, 4.69) is 4.98 Å². The van der Waals surface area contributed by atoms with Crippen LogP contribution in [-0.4, -0.2) is 51.3 Å². The second-order valence-electron chi connectivity index (χ2n) is 9.37. The summed E-state index contributed by atoms with van der Waals surface area (Å²) in [4.78, 5) is 30.9. The van der Waals surface area contributed by atoms with Gasteiger partial charge in [0.25, 0.3) is 0 Å². The van der Waals surface area contributed by atoms with Crippen LogP contribution in [0.4, 0.5) is 4.79 Å². The number of likely N-dealkylation sites (tertiary alicyclic amines) is 1. The van der Waals surface area contributed by atoms with Gasteiger partial charge in [0.05, 0.1) is 12.1 Å². The summed E-state index contributed by atoms with van der Waals surface area (Å²) in [7, 11) is 0. The predicted molar refractivity (Wildman–Crippen MR) is 105 cm³/mol. The van der Waals surface area contributed by atoms with Crippen LogP contribution in [0.3, 0.4) is 0 Å². The maximum absolute atomic E-state index is 12.9. The molecule has 0 spiro atoms. The number of hydrogen-bond donors (Lipinski definition) is 1. The molecule has 156 valence electrons. The molecule has 2 atom stereocenters. The average Bonchev–Trinajstić information content (AvgIpc) is 2.99. The van der Waals surface area contributed by atoms with Crippen LogP contribution in [0.5, 0.6) is 5.75 Å². The van der Waals surface area contributed by atoms with Crippen LogP contribution in [0.2, 0.25) is 0 Å². The Balaban J connectivity index is 2.15. The van der Waals surface area contributed by atoms with Crippen molar-refractivity contribution in [2.45, 2.75) is 65.6 Å². The SMILES string of the molecule is CC(C)(C)OC(=O)[C@@H](Cc1cncc(O)c1)[C@H]1CCN(C(=O)OC(C)(C)C)C1. The predicted octanol–water partition coefficient (Wildman–Crippen LogP) is 3.54. The first-order valence-corrected chi connectivity index (χ1v) is 9.68. The molecule has 28 heavy (non-hydrogen) atoms. The minimum atomic E-state index is -0.601. The van der Waals surface area contributed by atoms with Crippen molar-refractivity contribution in [1.82, 2.24) is 9.88 Å². The molecule has 1 N–H and O–H groups in total. The third-order valence-electron chi connectivity index (χ3n) is 4.39. The molecule has 1 aliphatic heterocycles. The van der Waals surface area contributed by atoms with Crippen molar-refractivity contribution in [3.63, 3.8) is 0 Å². The molecule has 2 rings (SSSR count). The third-order valence-corrected chi connectivity index (χ3v) is 4.39. The Morgan fingerprint density at radius 1 is 1.18 bits per heavy atom. The van der Waals surface area contributed by atoms with Crippen molar-refractivity contribution < 1.29 is 24.2 Å². The number of carbonyl (C=O) groups excluding carboxylic acids is 2. The summed E-state index contributed by atoms with van der Waals surface area (Å²) >= 11 is 0. The van der Waals surface area contributed by atoms with Gasteiger partial charge in [0.1, 0.15) is 17.0 Å². The van der Waals surface area contributed by atoms with Gasteiger partial charge in [-0.25, -0.2) is 4.79 Å².